The average molecular weight is 319 g/mol. The second kappa shape index (κ2) is 5.61. The van der Waals surface area contributed by atoms with Gasteiger partial charge in [-0.15, -0.1) is 0 Å². The Morgan fingerprint density at radius 2 is 2.14 bits per heavy atom. The van der Waals surface area contributed by atoms with Crippen molar-refractivity contribution in [3.63, 3.8) is 0 Å². The molecule has 7 heteroatoms. The van der Waals surface area contributed by atoms with Gasteiger partial charge in [-0.3, -0.25) is 9.36 Å². The first-order valence-corrected chi connectivity index (χ1v) is 7.60. The van der Waals surface area contributed by atoms with Crippen molar-refractivity contribution in [2.24, 2.45) is 7.05 Å². The fourth-order valence-corrected chi connectivity index (χ4v) is 2.71. The quantitative estimate of drug-likeness (QED) is 0.750. The normalized spacial score (nSPS) is 11.5. The Morgan fingerprint density at radius 1 is 1.36 bits per heavy atom. The second-order valence-electron chi connectivity index (χ2n) is 5.69. The monoisotopic (exact) mass is 318 g/mol. The molecule has 0 spiro atoms. The van der Waals surface area contributed by atoms with E-state index < -0.39 is 0 Å². The van der Waals surface area contributed by atoms with E-state index in [9.17, 15) is 0 Å². The fraction of sp³-hybridized carbons (Fsp3) is 0.400. The third-order valence-corrected chi connectivity index (χ3v) is 3.72. The van der Waals surface area contributed by atoms with Crippen molar-refractivity contribution in [1.29, 1.82) is 0 Å². The molecule has 0 atom stereocenters. The number of anilines is 1. The van der Waals surface area contributed by atoms with Crippen LogP contribution in [-0.2, 0) is 13.6 Å². The van der Waals surface area contributed by atoms with Crippen molar-refractivity contribution < 1.29 is 0 Å². The zero-order valence-corrected chi connectivity index (χ0v) is 13.9. The molecule has 0 saturated carbocycles. The van der Waals surface area contributed by atoms with Gasteiger partial charge in [-0.25, -0.2) is 4.98 Å². The maximum atomic E-state index is 6.17. The van der Waals surface area contributed by atoms with Crippen LogP contribution >= 0.6 is 11.6 Å². The zero-order valence-electron chi connectivity index (χ0n) is 13.1. The molecule has 0 aliphatic heterocycles. The highest BCUT2D eigenvalue weighted by atomic mass is 35.5. The summed E-state index contributed by atoms with van der Waals surface area (Å²) in [7, 11) is 1.90. The number of hydrogen-bond donors (Lipinski definition) is 1. The molecular formula is C15H19ClN6. The number of nitrogens with zero attached hydrogens (tertiary/aromatic N) is 5. The number of aryl methyl sites for hydroxylation is 2. The molecule has 0 saturated heterocycles. The summed E-state index contributed by atoms with van der Waals surface area (Å²) < 4.78 is 3.77. The van der Waals surface area contributed by atoms with Crippen molar-refractivity contribution in [2.75, 3.05) is 5.32 Å². The van der Waals surface area contributed by atoms with Crippen LogP contribution in [0, 0.1) is 6.92 Å². The van der Waals surface area contributed by atoms with Gasteiger partial charge in [-0.05, 0) is 20.8 Å². The van der Waals surface area contributed by atoms with Gasteiger partial charge < -0.3 is 5.32 Å². The van der Waals surface area contributed by atoms with Gasteiger partial charge in [0, 0.05) is 37.5 Å². The number of aromatic nitrogens is 5. The molecular weight excluding hydrogens is 300 g/mol. The highest BCUT2D eigenvalue weighted by molar-refractivity contribution is 6.30. The van der Waals surface area contributed by atoms with E-state index in [2.05, 4.69) is 34.3 Å². The summed E-state index contributed by atoms with van der Waals surface area (Å²) in [5.41, 5.74) is 4.76. The van der Waals surface area contributed by atoms with Crippen molar-refractivity contribution >= 4 is 28.3 Å². The van der Waals surface area contributed by atoms with Crippen LogP contribution in [0.2, 0.25) is 5.15 Å². The highest BCUT2D eigenvalue weighted by Gasteiger charge is 2.16. The van der Waals surface area contributed by atoms with Gasteiger partial charge in [-0.2, -0.15) is 10.2 Å². The lowest BCUT2D eigenvalue weighted by atomic mass is 10.2. The first-order valence-electron chi connectivity index (χ1n) is 7.22. The van der Waals surface area contributed by atoms with Gasteiger partial charge in [0.15, 0.2) is 0 Å². The van der Waals surface area contributed by atoms with Crippen molar-refractivity contribution in [2.45, 2.75) is 33.4 Å². The number of pyridine rings is 1. The number of halogens is 1. The Balaban J connectivity index is 2.03. The van der Waals surface area contributed by atoms with E-state index in [4.69, 9.17) is 11.6 Å². The molecule has 3 rings (SSSR count). The van der Waals surface area contributed by atoms with Crippen molar-refractivity contribution in [1.82, 2.24) is 24.5 Å². The highest BCUT2D eigenvalue weighted by Crippen LogP contribution is 2.29. The van der Waals surface area contributed by atoms with Crippen LogP contribution in [0.5, 0.6) is 0 Å². The largest absolute Gasteiger partial charge is 0.379 e. The van der Waals surface area contributed by atoms with Gasteiger partial charge in [0.25, 0.3) is 0 Å². The van der Waals surface area contributed by atoms with E-state index in [1.807, 2.05) is 37.1 Å². The molecule has 3 aromatic heterocycles. The smallest absolute Gasteiger partial charge is 0.132 e. The molecule has 0 unspecified atom stereocenters. The maximum absolute atomic E-state index is 6.17. The van der Waals surface area contributed by atoms with Crippen LogP contribution in [0.4, 0.5) is 5.69 Å². The van der Waals surface area contributed by atoms with Gasteiger partial charge in [0.05, 0.1) is 17.6 Å². The summed E-state index contributed by atoms with van der Waals surface area (Å²) in [4.78, 5) is 4.42. The molecule has 22 heavy (non-hydrogen) atoms. The summed E-state index contributed by atoms with van der Waals surface area (Å²) >= 11 is 6.17. The van der Waals surface area contributed by atoms with E-state index in [1.54, 1.807) is 4.68 Å². The number of rotatable bonds is 4. The van der Waals surface area contributed by atoms with Gasteiger partial charge >= 0.3 is 0 Å². The topological polar surface area (TPSA) is 60.6 Å². The van der Waals surface area contributed by atoms with Gasteiger partial charge in [0.1, 0.15) is 16.2 Å². The fourth-order valence-electron chi connectivity index (χ4n) is 2.52. The molecule has 3 aromatic rings. The van der Waals surface area contributed by atoms with Crippen LogP contribution in [-0.4, -0.2) is 24.5 Å². The lowest BCUT2D eigenvalue weighted by Crippen LogP contribution is -2.06. The molecule has 1 N–H and O–H groups in total. The Bertz CT molecular complexity index is 817. The predicted octanol–water partition coefficient (Wildman–Crippen LogP) is 3.32. The van der Waals surface area contributed by atoms with Crippen LogP contribution in [0.1, 0.15) is 31.1 Å². The summed E-state index contributed by atoms with van der Waals surface area (Å²) in [6.07, 6.45) is 3.83. The molecule has 0 radical (unpaired) electrons. The summed E-state index contributed by atoms with van der Waals surface area (Å²) in [5.74, 6) is 0. The third-order valence-electron chi connectivity index (χ3n) is 3.52. The van der Waals surface area contributed by atoms with E-state index in [0.29, 0.717) is 11.7 Å². The molecule has 0 fully saturated rings. The Kier molecular flexibility index (Phi) is 3.78. The second-order valence-corrected chi connectivity index (χ2v) is 6.08. The number of nitrogens with one attached hydrogen (secondary N) is 1. The van der Waals surface area contributed by atoms with Crippen LogP contribution in [0.3, 0.4) is 0 Å². The molecule has 0 amide bonds. The third kappa shape index (κ3) is 2.66. The minimum absolute atomic E-state index is 0.248. The summed E-state index contributed by atoms with van der Waals surface area (Å²) in [5, 5.41) is 12.7. The Hall–Kier alpha value is -2.08. The summed E-state index contributed by atoms with van der Waals surface area (Å²) in [6, 6.07) is 2.10. The van der Waals surface area contributed by atoms with Crippen LogP contribution in [0.25, 0.3) is 11.0 Å². The average Bonchev–Trinajstić information content (AvgIpc) is 3.01. The minimum atomic E-state index is 0.248. The van der Waals surface area contributed by atoms with Crippen molar-refractivity contribution in [3.05, 3.63) is 34.9 Å². The van der Waals surface area contributed by atoms with Gasteiger partial charge in [-0.1, -0.05) is 11.6 Å². The minimum Gasteiger partial charge on any atom is -0.379 e. The first-order chi connectivity index (χ1) is 10.5. The van der Waals surface area contributed by atoms with Gasteiger partial charge in [0.2, 0.25) is 0 Å². The zero-order chi connectivity index (χ0) is 15.9. The molecule has 0 bridgehead atoms. The predicted molar refractivity (Wildman–Crippen MR) is 88.2 cm³/mol. The molecule has 6 nitrogen and oxygen atoms in total. The molecule has 0 aliphatic carbocycles. The van der Waals surface area contributed by atoms with Crippen LogP contribution < -0.4 is 5.32 Å². The maximum Gasteiger partial charge on any atom is 0.132 e. The molecule has 116 valence electrons. The van der Waals surface area contributed by atoms with E-state index in [-0.39, 0.29) is 6.04 Å². The molecule has 0 aliphatic rings. The summed E-state index contributed by atoms with van der Waals surface area (Å²) in [6.45, 7) is 6.83. The van der Waals surface area contributed by atoms with E-state index in [1.165, 1.54) is 0 Å². The van der Waals surface area contributed by atoms with E-state index >= 15 is 0 Å². The number of fused-ring (bicyclic) bond motifs is 1. The molecule has 3 heterocycles. The van der Waals surface area contributed by atoms with Crippen LogP contribution in [0.15, 0.2) is 18.5 Å². The van der Waals surface area contributed by atoms with E-state index in [0.717, 1.165) is 28.0 Å². The molecule has 0 aromatic carbocycles. The Labute approximate surface area is 134 Å². The lowest BCUT2D eigenvalue weighted by molar-refractivity contribution is 0.547. The Morgan fingerprint density at radius 3 is 2.77 bits per heavy atom. The van der Waals surface area contributed by atoms with Crippen molar-refractivity contribution in [3.8, 4) is 0 Å². The SMILES string of the molecule is Cc1nn(C(C)C)c2c(NCc3cnn(C)c3)cc(Cl)nc12. The lowest BCUT2D eigenvalue weighted by Gasteiger charge is -2.12. The number of hydrogen-bond acceptors (Lipinski definition) is 4. The first kappa shape index (κ1) is 14.8. The standard InChI is InChI=1S/C15H19ClN6/c1-9(2)22-15-12(17-6-11-7-18-21(4)8-11)5-13(16)19-14(15)10(3)20-22/h5,7-9H,6H2,1-4H3,(H,17,19).